The van der Waals surface area contributed by atoms with Gasteiger partial charge in [0, 0.05) is 22.0 Å². The molecule has 6 heteroatoms. The maximum absolute atomic E-state index is 6.20. The Morgan fingerprint density at radius 3 is 2.41 bits per heavy atom. The van der Waals surface area contributed by atoms with Gasteiger partial charge >= 0.3 is 0 Å². The molecule has 4 aromatic rings. The minimum absolute atomic E-state index is 0.614. The Hall–Kier alpha value is -3.44. The molecular formula is C23H19ClN2O3. The summed E-state index contributed by atoms with van der Waals surface area (Å²) >= 11 is 6.20. The molecule has 29 heavy (non-hydrogen) atoms. The zero-order valence-electron chi connectivity index (χ0n) is 16.0. The predicted molar refractivity (Wildman–Crippen MR) is 115 cm³/mol. The Morgan fingerprint density at radius 1 is 0.862 bits per heavy atom. The van der Waals surface area contributed by atoms with Gasteiger partial charge in [0.2, 0.25) is 0 Å². The van der Waals surface area contributed by atoms with Gasteiger partial charge in [-0.15, -0.1) is 0 Å². The number of para-hydroxylation sites is 1. The number of halogens is 1. The van der Waals surface area contributed by atoms with Crippen molar-refractivity contribution in [3.63, 3.8) is 0 Å². The van der Waals surface area contributed by atoms with E-state index in [1.807, 2.05) is 66.7 Å². The molecule has 146 valence electrons. The molecule has 5 nitrogen and oxygen atoms in total. The number of anilines is 1. The normalized spacial score (nSPS) is 11.5. The number of hydrogen-bond donors (Lipinski definition) is 1. The van der Waals surface area contributed by atoms with Crippen molar-refractivity contribution < 1.29 is 13.9 Å². The van der Waals surface area contributed by atoms with Crippen molar-refractivity contribution in [1.82, 2.24) is 0 Å². The molecule has 0 aliphatic rings. The van der Waals surface area contributed by atoms with Crippen molar-refractivity contribution in [3.8, 4) is 22.8 Å². The first-order valence-corrected chi connectivity index (χ1v) is 9.36. The molecule has 0 saturated heterocycles. The Balaban J connectivity index is 1.87. The largest absolute Gasteiger partial charge is 0.493 e. The quantitative estimate of drug-likeness (QED) is 0.432. The number of methoxy groups -OCH3 is 2. The van der Waals surface area contributed by atoms with Crippen LogP contribution in [0.4, 0.5) is 5.69 Å². The van der Waals surface area contributed by atoms with Crippen LogP contribution in [0.2, 0.25) is 5.02 Å². The lowest BCUT2D eigenvalue weighted by molar-refractivity contribution is 0.355. The van der Waals surface area contributed by atoms with E-state index in [0.29, 0.717) is 33.2 Å². The van der Waals surface area contributed by atoms with Crippen LogP contribution in [-0.2, 0) is 0 Å². The fourth-order valence-electron chi connectivity index (χ4n) is 3.00. The third kappa shape index (κ3) is 4.05. The summed E-state index contributed by atoms with van der Waals surface area (Å²) in [5.74, 6) is 1.92. The summed E-state index contributed by atoms with van der Waals surface area (Å²) < 4.78 is 16.9. The van der Waals surface area contributed by atoms with Gasteiger partial charge in [-0.1, -0.05) is 29.8 Å². The highest BCUT2D eigenvalue weighted by Crippen LogP contribution is 2.33. The molecule has 1 N–H and O–H groups in total. The van der Waals surface area contributed by atoms with E-state index in [0.717, 1.165) is 16.6 Å². The number of rotatable bonds is 5. The highest BCUT2D eigenvalue weighted by molar-refractivity contribution is 6.31. The van der Waals surface area contributed by atoms with E-state index in [2.05, 4.69) is 10.5 Å². The number of hydrogen-bond acceptors (Lipinski definition) is 5. The molecule has 1 aromatic heterocycles. The molecule has 0 aliphatic carbocycles. The average molecular weight is 407 g/mol. The second kappa shape index (κ2) is 8.29. The van der Waals surface area contributed by atoms with Gasteiger partial charge in [0.15, 0.2) is 11.5 Å². The molecule has 0 aliphatic heterocycles. The molecule has 0 fully saturated rings. The fourth-order valence-corrected chi connectivity index (χ4v) is 3.18. The van der Waals surface area contributed by atoms with E-state index in [1.54, 1.807) is 20.3 Å². The van der Waals surface area contributed by atoms with E-state index in [4.69, 9.17) is 25.5 Å². The van der Waals surface area contributed by atoms with Crippen LogP contribution in [0.5, 0.6) is 11.5 Å². The number of ether oxygens (including phenoxy) is 2. The highest BCUT2D eigenvalue weighted by Gasteiger charge is 2.10. The number of benzene rings is 3. The number of nitrogens with zero attached hydrogens (tertiary/aromatic N) is 1. The maximum Gasteiger partial charge on any atom is 0.161 e. The van der Waals surface area contributed by atoms with Crippen molar-refractivity contribution in [2.24, 2.45) is 5.10 Å². The van der Waals surface area contributed by atoms with E-state index in [9.17, 15) is 0 Å². The molecular weight excluding hydrogens is 388 g/mol. The van der Waals surface area contributed by atoms with Gasteiger partial charge in [0.25, 0.3) is 0 Å². The van der Waals surface area contributed by atoms with Gasteiger partial charge in [0.1, 0.15) is 11.3 Å². The van der Waals surface area contributed by atoms with Crippen molar-refractivity contribution in [2.45, 2.75) is 0 Å². The van der Waals surface area contributed by atoms with Gasteiger partial charge < -0.3 is 13.9 Å². The summed E-state index contributed by atoms with van der Waals surface area (Å²) in [7, 11) is 3.21. The van der Waals surface area contributed by atoms with E-state index in [1.165, 1.54) is 0 Å². The van der Waals surface area contributed by atoms with Gasteiger partial charge in [-0.2, -0.15) is 5.10 Å². The number of nitrogens with one attached hydrogen (secondary N) is 1. The fraction of sp³-hybridized carbons (Fsp3) is 0.0870. The minimum Gasteiger partial charge on any atom is -0.493 e. The molecule has 0 spiro atoms. The standard InChI is InChI=1S/C23H19ClN2O3/c1-27-21-10-8-15(12-23(21)28-2)22-14-19(26-25-17-6-4-3-5-7-17)18-13-16(24)9-11-20(18)29-22/h3-14,25H,1-2H3/b26-19+. The second-order valence-electron chi connectivity index (χ2n) is 6.30. The predicted octanol–water partition coefficient (Wildman–Crippen LogP) is 5.70. The summed E-state index contributed by atoms with van der Waals surface area (Å²) in [5, 5.41) is 6.72. The monoisotopic (exact) mass is 406 g/mol. The lowest BCUT2D eigenvalue weighted by Crippen LogP contribution is -2.07. The second-order valence-corrected chi connectivity index (χ2v) is 6.73. The zero-order valence-corrected chi connectivity index (χ0v) is 16.7. The molecule has 0 atom stereocenters. The molecule has 0 saturated carbocycles. The Morgan fingerprint density at radius 2 is 1.66 bits per heavy atom. The van der Waals surface area contributed by atoms with Crippen LogP contribution >= 0.6 is 11.6 Å². The first-order valence-electron chi connectivity index (χ1n) is 8.98. The molecule has 4 rings (SSSR count). The van der Waals surface area contributed by atoms with E-state index in [-0.39, 0.29) is 0 Å². The van der Waals surface area contributed by atoms with Gasteiger partial charge in [0.05, 0.1) is 25.3 Å². The zero-order chi connectivity index (χ0) is 20.2. The lowest BCUT2D eigenvalue weighted by Gasteiger charge is -2.10. The van der Waals surface area contributed by atoms with Gasteiger partial charge in [-0.05, 0) is 48.5 Å². The van der Waals surface area contributed by atoms with E-state index >= 15 is 0 Å². The Labute approximate surface area is 173 Å². The van der Waals surface area contributed by atoms with Gasteiger partial charge in [-0.25, -0.2) is 0 Å². The third-order valence-electron chi connectivity index (χ3n) is 4.45. The summed E-state index contributed by atoms with van der Waals surface area (Å²) in [6.07, 6.45) is 0. The van der Waals surface area contributed by atoms with E-state index < -0.39 is 0 Å². The first kappa shape index (κ1) is 18.9. The molecule has 1 heterocycles. The Bertz CT molecular complexity index is 1220. The highest BCUT2D eigenvalue weighted by atomic mass is 35.5. The first-order chi connectivity index (χ1) is 14.2. The third-order valence-corrected chi connectivity index (χ3v) is 4.69. The van der Waals surface area contributed by atoms with Crippen LogP contribution in [0.1, 0.15) is 0 Å². The van der Waals surface area contributed by atoms with Crippen molar-refractivity contribution in [2.75, 3.05) is 19.6 Å². The summed E-state index contributed by atoms with van der Waals surface area (Å²) in [6, 6.07) is 22.7. The summed E-state index contributed by atoms with van der Waals surface area (Å²) in [6.45, 7) is 0. The SMILES string of the molecule is COc1ccc(-c2c/c(=N\Nc3ccccc3)c3cc(Cl)ccc3o2)cc1OC. The van der Waals surface area contributed by atoms with Gasteiger partial charge in [-0.3, -0.25) is 5.43 Å². The average Bonchev–Trinajstić information content (AvgIpc) is 2.77. The molecule has 0 radical (unpaired) electrons. The topological polar surface area (TPSA) is 56.0 Å². The van der Waals surface area contributed by atoms with Crippen molar-refractivity contribution in [3.05, 3.63) is 83.2 Å². The minimum atomic E-state index is 0.614. The van der Waals surface area contributed by atoms with Crippen molar-refractivity contribution >= 4 is 28.3 Å². The number of fused-ring (bicyclic) bond motifs is 1. The molecule has 3 aromatic carbocycles. The maximum atomic E-state index is 6.20. The van der Waals surface area contributed by atoms with Crippen LogP contribution in [0.25, 0.3) is 22.3 Å². The van der Waals surface area contributed by atoms with Crippen LogP contribution in [0.15, 0.2) is 82.3 Å². The molecule has 0 bridgehead atoms. The summed E-state index contributed by atoms with van der Waals surface area (Å²) in [5.41, 5.74) is 5.49. The smallest absolute Gasteiger partial charge is 0.161 e. The van der Waals surface area contributed by atoms with Crippen molar-refractivity contribution in [1.29, 1.82) is 0 Å². The van der Waals surface area contributed by atoms with Crippen LogP contribution in [-0.4, -0.2) is 14.2 Å². The lowest BCUT2D eigenvalue weighted by atomic mass is 10.1. The summed E-state index contributed by atoms with van der Waals surface area (Å²) in [4.78, 5) is 0. The van der Waals surface area contributed by atoms with Crippen LogP contribution in [0.3, 0.4) is 0 Å². The van der Waals surface area contributed by atoms with Crippen LogP contribution in [0, 0.1) is 0 Å². The molecule has 0 unspecified atom stereocenters. The molecule has 0 amide bonds. The van der Waals surface area contributed by atoms with Crippen LogP contribution < -0.4 is 20.3 Å². The Kier molecular flexibility index (Phi) is 5.40.